The predicted octanol–water partition coefficient (Wildman–Crippen LogP) is 3.88. The van der Waals surface area contributed by atoms with E-state index in [1.165, 1.54) is 12.1 Å². The van der Waals surface area contributed by atoms with Crippen molar-refractivity contribution >= 4 is 11.7 Å². The molecule has 0 aliphatic carbocycles. The fraction of sp³-hybridized carbons (Fsp3) is 0.133. The molecule has 0 radical (unpaired) electrons. The Kier molecular flexibility index (Phi) is 4.07. The van der Waals surface area contributed by atoms with Crippen LogP contribution in [0.25, 0.3) is 11.1 Å². The van der Waals surface area contributed by atoms with E-state index >= 15 is 0 Å². The van der Waals surface area contributed by atoms with Gasteiger partial charge in [0, 0.05) is 5.69 Å². The van der Waals surface area contributed by atoms with E-state index in [4.69, 9.17) is 5.73 Å². The second kappa shape index (κ2) is 5.67. The number of carbonyl (C=O) groups is 1. The Hall–Kier alpha value is -2.57. The van der Waals surface area contributed by atoms with Crippen LogP contribution >= 0.6 is 0 Å². The third-order valence-electron chi connectivity index (χ3n) is 3.06. The Balaban J connectivity index is 2.70. The summed E-state index contributed by atoms with van der Waals surface area (Å²) in [6, 6.07) is 6.16. The molecule has 0 aromatic heterocycles. The van der Waals surface area contributed by atoms with Gasteiger partial charge in [0.15, 0.2) is 0 Å². The number of nitrogen functional groups attached to an aromatic ring is 1. The van der Waals surface area contributed by atoms with Crippen molar-refractivity contribution in [2.45, 2.75) is 6.18 Å². The number of carbonyl (C=O) groups excluding carboxylic acids is 1. The first-order chi connectivity index (χ1) is 10.2. The number of hydrogen-bond donors (Lipinski definition) is 1. The minimum atomic E-state index is -4.71. The van der Waals surface area contributed by atoms with Crippen LogP contribution in [0, 0.1) is 5.82 Å². The van der Waals surface area contributed by atoms with Gasteiger partial charge in [-0.3, -0.25) is 0 Å². The lowest BCUT2D eigenvalue weighted by Crippen LogP contribution is -2.13. The Morgan fingerprint density at radius 3 is 2.23 bits per heavy atom. The maximum absolute atomic E-state index is 13.2. The first-order valence-electron chi connectivity index (χ1n) is 6.09. The summed E-state index contributed by atoms with van der Waals surface area (Å²) in [5.41, 5.74) is 3.96. The lowest BCUT2D eigenvalue weighted by Gasteiger charge is -2.16. The summed E-state index contributed by atoms with van der Waals surface area (Å²) in [7, 11) is 1.04. The van der Waals surface area contributed by atoms with Crippen molar-refractivity contribution in [3.63, 3.8) is 0 Å². The Morgan fingerprint density at radius 1 is 1.14 bits per heavy atom. The monoisotopic (exact) mass is 313 g/mol. The molecule has 116 valence electrons. The highest BCUT2D eigenvalue weighted by molar-refractivity contribution is 5.96. The van der Waals surface area contributed by atoms with Crippen LogP contribution in [-0.2, 0) is 10.9 Å². The van der Waals surface area contributed by atoms with Gasteiger partial charge >= 0.3 is 12.1 Å². The quantitative estimate of drug-likeness (QED) is 0.520. The van der Waals surface area contributed by atoms with Crippen LogP contribution in [0.1, 0.15) is 15.9 Å². The smallest absolute Gasteiger partial charge is 0.417 e. The summed E-state index contributed by atoms with van der Waals surface area (Å²) in [4.78, 5) is 11.5. The van der Waals surface area contributed by atoms with E-state index in [1.54, 1.807) is 0 Å². The number of alkyl halides is 3. The van der Waals surface area contributed by atoms with Crippen molar-refractivity contribution in [2.75, 3.05) is 12.8 Å². The molecule has 0 amide bonds. The molecule has 0 spiro atoms. The molecule has 2 aromatic rings. The third-order valence-corrected chi connectivity index (χ3v) is 3.06. The van der Waals surface area contributed by atoms with Crippen LogP contribution in [0.2, 0.25) is 0 Å². The van der Waals surface area contributed by atoms with Crippen molar-refractivity contribution in [3.8, 4) is 11.1 Å². The molecule has 0 aliphatic rings. The van der Waals surface area contributed by atoms with Crippen molar-refractivity contribution in [3.05, 3.63) is 53.3 Å². The second-order valence-electron chi connectivity index (χ2n) is 4.48. The molecule has 0 atom stereocenters. The summed E-state index contributed by atoms with van der Waals surface area (Å²) < 4.78 is 57.0. The summed E-state index contributed by atoms with van der Waals surface area (Å²) in [6.07, 6.45) is -4.71. The summed E-state index contributed by atoms with van der Waals surface area (Å²) >= 11 is 0. The number of esters is 1. The normalized spacial score (nSPS) is 11.3. The number of nitrogens with two attached hydrogens (primary N) is 1. The SMILES string of the molecule is COC(=O)c1cc(C(F)(F)F)c(-c2ccc(F)cc2)cc1N. The molecule has 0 aliphatic heterocycles. The second-order valence-corrected chi connectivity index (χ2v) is 4.48. The molecular formula is C15H11F4NO2. The first-order valence-corrected chi connectivity index (χ1v) is 6.09. The van der Waals surface area contributed by atoms with E-state index < -0.39 is 23.5 Å². The van der Waals surface area contributed by atoms with Crippen LogP contribution in [-0.4, -0.2) is 13.1 Å². The maximum Gasteiger partial charge on any atom is 0.417 e. The highest BCUT2D eigenvalue weighted by Gasteiger charge is 2.35. The van der Waals surface area contributed by atoms with Crippen molar-refractivity contribution in [2.24, 2.45) is 0 Å². The fourth-order valence-electron chi connectivity index (χ4n) is 2.01. The summed E-state index contributed by atoms with van der Waals surface area (Å²) in [5, 5.41) is 0. The predicted molar refractivity (Wildman–Crippen MR) is 72.6 cm³/mol. The lowest BCUT2D eigenvalue weighted by atomic mass is 9.95. The summed E-state index contributed by atoms with van der Waals surface area (Å²) in [6.45, 7) is 0. The van der Waals surface area contributed by atoms with Crippen LogP contribution in [0.15, 0.2) is 36.4 Å². The molecule has 0 heterocycles. The Morgan fingerprint density at radius 2 is 1.73 bits per heavy atom. The lowest BCUT2D eigenvalue weighted by molar-refractivity contribution is -0.137. The molecule has 0 unspecified atom stereocenters. The van der Waals surface area contributed by atoms with Crippen LogP contribution < -0.4 is 5.73 Å². The zero-order valence-electron chi connectivity index (χ0n) is 11.4. The van der Waals surface area contributed by atoms with Crippen LogP contribution in [0.4, 0.5) is 23.2 Å². The van der Waals surface area contributed by atoms with Gasteiger partial charge in [0.05, 0.1) is 18.2 Å². The van der Waals surface area contributed by atoms with Gasteiger partial charge in [0.1, 0.15) is 5.82 Å². The highest BCUT2D eigenvalue weighted by Crippen LogP contribution is 2.39. The van der Waals surface area contributed by atoms with Gasteiger partial charge in [0.25, 0.3) is 0 Å². The number of halogens is 4. The molecule has 0 saturated carbocycles. The van der Waals surface area contributed by atoms with Gasteiger partial charge in [-0.05, 0) is 35.4 Å². The molecule has 3 nitrogen and oxygen atoms in total. The van der Waals surface area contributed by atoms with E-state index in [-0.39, 0.29) is 22.4 Å². The summed E-state index contributed by atoms with van der Waals surface area (Å²) in [5.74, 6) is -1.54. The molecule has 2 rings (SSSR count). The maximum atomic E-state index is 13.2. The minimum absolute atomic E-state index is 0.136. The van der Waals surface area contributed by atoms with E-state index in [9.17, 15) is 22.4 Å². The number of anilines is 1. The number of rotatable bonds is 2. The molecule has 7 heteroatoms. The van der Waals surface area contributed by atoms with E-state index in [2.05, 4.69) is 4.74 Å². The van der Waals surface area contributed by atoms with Gasteiger partial charge in [-0.2, -0.15) is 13.2 Å². The standard InChI is InChI=1S/C15H11F4NO2/c1-22-14(21)11-6-12(15(17,18)19)10(7-13(11)20)8-2-4-9(16)5-3-8/h2-7H,20H2,1H3. The zero-order chi connectivity index (χ0) is 16.5. The van der Waals surface area contributed by atoms with Crippen molar-refractivity contribution in [1.29, 1.82) is 0 Å². The number of ether oxygens (including phenoxy) is 1. The average molecular weight is 313 g/mol. The Bertz CT molecular complexity index is 709. The fourth-order valence-corrected chi connectivity index (χ4v) is 2.01. The molecule has 2 N–H and O–H groups in total. The van der Waals surface area contributed by atoms with E-state index in [0.717, 1.165) is 25.3 Å². The topological polar surface area (TPSA) is 52.3 Å². The average Bonchev–Trinajstić information content (AvgIpc) is 2.45. The molecular weight excluding hydrogens is 302 g/mol. The number of hydrogen-bond acceptors (Lipinski definition) is 3. The van der Waals surface area contributed by atoms with Crippen molar-refractivity contribution < 1.29 is 27.1 Å². The minimum Gasteiger partial charge on any atom is -0.465 e. The molecule has 0 fully saturated rings. The first kappa shape index (κ1) is 15.8. The number of benzene rings is 2. The number of methoxy groups -OCH3 is 1. The van der Waals surface area contributed by atoms with Gasteiger partial charge in [-0.1, -0.05) is 12.1 Å². The van der Waals surface area contributed by atoms with Gasteiger partial charge in [-0.25, -0.2) is 9.18 Å². The van der Waals surface area contributed by atoms with Gasteiger partial charge < -0.3 is 10.5 Å². The van der Waals surface area contributed by atoms with E-state index in [1.807, 2.05) is 0 Å². The van der Waals surface area contributed by atoms with E-state index in [0.29, 0.717) is 6.07 Å². The highest BCUT2D eigenvalue weighted by atomic mass is 19.4. The van der Waals surface area contributed by atoms with Crippen LogP contribution in [0.3, 0.4) is 0 Å². The molecule has 0 saturated heterocycles. The largest absolute Gasteiger partial charge is 0.465 e. The Labute approximate surface area is 123 Å². The van der Waals surface area contributed by atoms with Gasteiger partial charge in [0.2, 0.25) is 0 Å². The molecule has 0 bridgehead atoms. The zero-order valence-corrected chi connectivity index (χ0v) is 11.4. The van der Waals surface area contributed by atoms with Gasteiger partial charge in [-0.15, -0.1) is 0 Å². The third kappa shape index (κ3) is 3.03. The molecule has 2 aromatic carbocycles. The van der Waals surface area contributed by atoms with Crippen LogP contribution in [0.5, 0.6) is 0 Å². The molecule has 22 heavy (non-hydrogen) atoms. The van der Waals surface area contributed by atoms with Crippen molar-refractivity contribution in [1.82, 2.24) is 0 Å².